The predicted octanol–water partition coefficient (Wildman–Crippen LogP) is 3.33. The van der Waals surface area contributed by atoms with Crippen molar-refractivity contribution in [3.05, 3.63) is 59.2 Å². The third-order valence-corrected chi connectivity index (χ3v) is 4.34. The summed E-state index contributed by atoms with van der Waals surface area (Å²) in [4.78, 5) is 16.6. The molecule has 2 aromatic rings. The highest BCUT2D eigenvalue weighted by molar-refractivity contribution is 5.98. The predicted molar refractivity (Wildman–Crippen MR) is 91.7 cm³/mol. The van der Waals surface area contributed by atoms with Crippen LogP contribution < -0.4 is 9.80 Å². The molecule has 0 bridgehead atoms. The molecule has 0 N–H and O–H groups in total. The number of anilines is 2. The summed E-state index contributed by atoms with van der Waals surface area (Å²) in [5, 5.41) is 0. The molecule has 2 aromatic carbocycles. The molecule has 1 aliphatic rings. The van der Waals surface area contributed by atoms with Crippen LogP contribution in [0.1, 0.15) is 16.7 Å². The number of amides is 1. The van der Waals surface area contributed by atoms with Crippen LogP contribution in [-0.4, -0.2) is 26.0 Å². The van der Waals surface area contributed by atoms with Gasteiger partial charge in [-0.2, -0.15) is 0 Å². The Balaban J connectivity index is 1.76. The molecule has 0 atom stereocenters. The minimum Gasteiger partial charge on any atom is -0.365 e. The second-order valence-corrected chi connectivity index (χ2v) is 6.07. The van der Waals surface area contributed by atoms with Gasteiger partial charge in [0, 0.05) is 25.0 Å². The smallest absolute Gasteiger partial charge is 0.246 e. The number of nitrogens with zero attached hydrogens (tertiary/aromatic N) is 2. The van der Waals surface area contributed by atoms with Crippen molar-refractivity contribution in [2.24, 2.45) is 0 Å². The Labute approximate surface area is 132 Å². The van der Waals surface area contributed by atoms with Crippen molar-refractivity contribution in [2.45, 2.75) is 20.3 Å². The number of carbonyl (C=O) groups excluding carboxylic acids is 1. The molecule has 0 unspecified atom stereocenters. The van der Waals surface area contributed by atoms with E-state index in [9.17, 15) is 4.79 Å². The van der Waals surface area contributed by atoms with Crippen LogP contribution in [0.4, 0.5) is 11.4 Å². The van der Waals surface area contributed by atoms with Gasteiger partial charge in [0.2, 0.25) is 5.91 Å². The molecule has 0 aromatic heterocycles. The molecule has 0 fully saturated rings. The summed E-state index contributed by atoms with van der Waals surface area (Å²) in [6.45, 7) is 5.35. The van der Waals surface area contributed by atoms with E-state index in [2.05, 4.69) is 38.1 Å². The number of hydrogen-bond donors (Lipinski definition) is 0. The fourth-order valence-electron chi connectivity index (χ4n) is 3.10. The van der Waals surface area contributed by atoms with Crippen LogP contribution in [0.3, 0.4) is 0 Å². The van der Waals surface area contributed by atoms with Gasteiger partial charge in [0.05, 0.1) is 6.54 Å². The van der Waals surface area contributed by atoms with E-state index in [0.29, 0.717) is 6.54 Å². The molecule has 1 amide bonds. The summed E-state index contributed by atoms with van der Waals surface area (Å²) in [5.74, 6) is 0.161. The second kappa shape index (κ2) is 5.84. The lowest BCUT2D eigenvalue weighted by molar-refractivity contribution is -0.117. The van der Waals surface area contributed by atoms with E-state index in [-0.39, 0.29) is 5.91 Å². The molecule has 0 saturated heterocycles. The Morgan fingerprint density at radius 2 is 1.95 bits per heavy atom. The number of aryl methyl sites for hydroxylation is 2. The van der Waals surface area contributed by atoms with Gasteiger partial charge in [-0.15, -0.1) is 0 Å². The lowest BCUT2D eigenvalue weighted by Gasteiger charge is -2.25. The summed E-state index contributed by atoms with van der Waals surface area (Å²) in [6, 6.07) is 14.5. The SMILES string of the molecule is Cc1ccc(C)c(N(C)CC(=O)N2CCc3ccccc32)c1. The van der Waals surface area contributed by atoms with Crippen molar-refractivity contribution < 1.29 is 4.79 Å². The van der Waals surface area contributed by atoms with Crippen molar-refractivity contribution in [1.82, 2.24) is 0 Å². The molecule has 0 aliphatic carbocycles. The van der Waals surface area contributed by atoms with E-state index in [0.717, 1.165) is 24.3 Å². The first-order valence-electron chi connectivity index (χ1n) is 7.73. The van der Waals surface area contributed by atoms with Crippen molar-refractivity contribution in [2.75, 3.05) is 29.9 Å². The highest BCUT2D eigenvalue weighted by Gasteiger charge is 2.25. The average molecular weight is 294 g/mol. The zero-order valence-electron chi connectivity index (χ0n) is 13.5. The second-order valence-electron chi connectivity index (χ2n) is 6.07. The van der Waals surface area contributed by atoms with Crippen LogP contribution in [0, 0.1) is 13.8 Å². The Hall–Kier alpha value is -2.29. The fraction of sp³-hybridized carbons (Fsp3) is 0.316. The molecule has 3 rings (SSSR count). The van der Waals surface area contributed by atoms with E-state index in [4.69, 9.17) is 0 Å². The Morgan fingerprint density at radius 1 is 1.18 bits per heavy atom. The molecule has 1 aliphatic heterocycles. The molecule has 0 saturated carbocycles. The number of benzene rings is 2. The van der Waals surface area contributed by atoms with Gasteiger partial charge in [-0.25, -0.2) is 0 Å². The zero-order chi connectivity index (χ0) is 15.7. The van der Waals surface area contributed by atoms with E-state index >= 15 is 0 Å². The third kappa shape index (κ3) is 2.71. The van der Waals surface area contributed by atoms with Crippen molar-refractivity contribution >= 4 is 17.3 Å². The summed E-state index contributed by atoms with van der Waals surface area (Å²) in [6.07, 6.45) is 0.953. The summed E-state index contributed by atoms with van der Waals surface area (Å²) < 4.78 is 0. The molecular weight excluding hydrogens is 272 g/mol. The summed E-state index contributed by atoms with van der Waals surface area (Å²) in [5.41, 5.74) is 5.88. The number of para-hydroxylation sites is 1. The molecule has 0 radical (unpaired) electrons. The topological polar surface area (TPSA) is 23.6 Å². The number of carbonyl (C=O) groups is 1. The van der Waals surface area contributed by atoms with Gasteiger partial charge in [0.1, 0.15) is 0 Å². The van der Waals surface area contributed by atoms with Crippen LogP contribution in [0.15, 0.2) is 42.5 Å². The Morgan fingerprint density at radius 3 is 2.77 bits per heavy atom. The number of likely N-dealkylation sites (N-methyl/N-ethyl adjacent to an activating group) is 1. The van der Waals surface area contributed by atoms with Crippen LogP contribution in [0.5, 0.6) is 0 Å². The zero-order valence-corrected chi connectivity index (χ0v) is 13.5. The van der Waals surface area contributed by atoms with E-state index in [1.54, 1.807) is 0 Å². The van der Waals surface area contributed by atoms with Crippen LogP contribution in [-0.2, 0) is 11.2 Å². The molecule has 0 spiro atoms. The van der Waals surface area contributed by atoms with Crippen LogP contribution in [0.2, 0.25) is 0 Å². The normalized spacial score (nSPS) is 13.1. The molecule has 22 heavy (non-hydrogen) atoms. The quantitative estimate of drug-likeness (QED) is 0.867. The van der Waals surface area contributed by atoms with E-state index < -0.39 is 0 Å². The Bertz CT molecular complexity index is 708. The fourth-order valence-corrected chi connectivity index (χ4v) is 3.10. The van der Waals surface area contributed by atoms with E-state index in [1.807, 2.05) is 35.0 Å². The first kappa shape index (κ1) is 14.6. The summed E-state index contributed by atoms with van der Waals surface area (Å²) >= 11 is 0. The van der Waals surface area contributed by atoms with Crippen LogP contribution >= 0.6 is 0 Å². The largest absolute Gasteiger partial charge is 0.365 e. The van der Waals surface area contributed by atoms with E-state index in [1.165, 1.54) is 16.7 Å². The minimum absolute atomic E-state index is 0.161. The maximum atomic E-state index is 12.7. The first-order chi connectivity index (χ1) is 10.6. The number of hydrogen-bond acceptors (Lipinski definition) is 2. The monoisotopic (exact) mass is 294 g/mol. The molecule has 3 nitrogen and oxygen atoms in total. The minimum atomic E-state index is 0.161. The molecule has 1 heterocycles. The lowest BCUT2D eigenvalue weighted by atomic mass is 10.1. The standard InChI is InChI=1S/C19H22N2O/c1-14-8-9-15(2)18(12-14)20(3)13-19(22)21-11-10-16-6-4-5-7-17(16)21/h4-9,12H,10-11,13H2,1-3H3. The lowest BCUT2D eigenvalue weighted by Crippen LogP contribution is -2.38. The van der Waals surface area contributed by atoms with Gasteiger partial charge in [0.25, 0.3) is 0 Å². The first-order valence-corrected chi connectivity index (χ1v) is 7.73. The van der Waals surface area contributed by atoms with Gasteiger partial charge in [-0.3, -0.25) is 4.79 Å². The molecular formula is C19H22N2O. The maximum Gasteiger partial charge on any atom is 0.246 e. The van der Waals surface area contributed by atoms with Crippen molar-refractivity contribution in [3.8, 4) is 0 Å². The van der Waals surface area contributed by atoms with Gasteiger partial charge in [-0.05, 0) is 49.1 Å². The van der Waals surface area contributed by atoms with Crippen molar-refractivity contribution in [3.63, 3.8) is 0 Å². The van der Waals surface area contributed by atoms with Gasteiger partial charge in [0.15, 0.2) is 0 Å². The van der Waals surface area contributed by atoms with Gasteiger partial charge >= 0.3 is 0 Å². The molecule has 3 heteroatoms. The number of fused-ring (bicyclic) bond motifs is 1. The van der Waals surface area contributed by atoms with Crippen LogP contribution in [0.25, 0.3) is 0 Å². The maximum absolute atomic E-state index is 12.7. The van der Waals surface area contributed by atoms with Crippen molar-refractivity contribution in [1.29, 1.82) is 0 Å². The summed E-state index contributed by atoms with van der Waals surface area (Å²) in [7, 11) is 1.99. The highest BCUT2D eigenvalue weighted by Crippen LogP contribution is 2.28. The third-order valence-electron chi connectivity index (χ3n) is 4.34. The molecule has 114 valence electrons. The average Bonchev–Trinajstić information content (AvgIpc) is 2.93. The van der Waals surface area contributed by atoms with Gasteiger partial charge < -0.3 is 9.80 Å². The Kier molecular flexibility index (Phi) is 3.88. The van der Waals surface area contributed by atoms with Gasteiger partial charge in [-0.1, -0.05) is 30.3 Å². The number of rotatable bonds is 3. The highest BCUT2D eigenvalue weighted by atomic mass is 16.2.